The van der Waals surface area contributed by atoms with Gasteiger partial charge in [-0.05, 0) is 74.2 Å². The molecule has 0 spiro atoms. The zero-order valence-electron chi connectivity index (χ0n) is 18.8. The summed E-state index contributed by atoms with van der Waals surface area (Å²) in [5, 5.41) is 23.1. The Balaban J connectivity index is 1.48. The number of allylic oxidation sites excluding steroid dienone is 1. The number of thioether (sulfide) groups is 1. The number of rotatable bonds is 5. The van der Waals surface area contributed by atoms with Crippen LogP contribution < -0.4 is 5.32 Å². The average Bonchev–Trinajstić information content (AvgIpc) is 3.03. The number of hydrogen-bond acceptors (Lipinski definition) is 6. The number of carboxylic acid groups (broad SMARTS) is 1. The maximum Gasteiger partial charge on any atom is 0.322 e. The normalized spacial score (nSPS) is 40.5. The summed E-state index contributed by atoms with van der Waals surface area (Å²) < 4.78 is 0.263. The van der Waals surface area contributed by atoms with Gasteiger partial charge in [0.05, 0.1) is 5.75 Å². The van der Waals surface area contributed by atoms with Gasteiger partial charge in [-0.1, -0.05) is 43.4 Å². The molecule has 6 nitrogen and oxygen atoms in total. The minimum Gasteiger partial charge on any atom is -0.480 e. The second-order valence-electron chi connectivity index (χ2n) is 10.6. The van der Waals surface area contributed by atoms with Crippen LogP contribution in [0.4, 0.5) is 0 Å². The van der Waals surface area contributed by atoms with Gasteiger partial charge in [-0.2, -0.15) is 0 Å². The summed E-state index contributed by atoms with van der Waals surface area (Å²) in [6.45, 7) is 4.15. The number of hydrogen-bond donors (Lipinski definition) is 3. The molecule has 0 unspecified atom stereocenters. The number of nitrogens with one attached hydrogen (secondary N) is 1. The van der Waals surface area contributed by atoms with Crippen molar-refractivity contribution in [2.24, 2.45) is 28.6 Å². The highest BCUT2D eigenvalue weighted by atomic mass is 32.2. The van der Waals surface area contributed by atoms with Crippen LogP contribution in [0.3, 0.4) is 0 Å². The summed E-state index contributed by atoms with van der Waals surface area (Å²) in [7, 11) is 0. The Kier molecular flexibility index (Phi) is 6.36. The number of ketones is 2. The molecule has 6 atom stereocenters. The van der Waals surface area contributed by atoms with E-state index in [2.05, 4.69) is 19.2 Å². The maximum absolute atomic E-state index is 13.2. The molecule has 176 valence electrons. The Morgan fingerprint density at radius 1 is 1.16 bits per heavy atom. The van der Waals surface area contributed by atoms with Crippen LogP contribution in [-0.4, -0.2) is 50.0 Å². The van der Waals surface area contributed by atoms with E-state index in [0.29, 0.717) is 30.6 Å². The van der Waals surface area contributed by atoms with Crippen LogP contribution in [0, 0.1) is 28.6 Å². The first-order chi connectivity index (χ1) is 15.0. The third kappa shape index (κ3) is 3.76. The van der Waals surface area contributed by atoms with E-state index in [-0.39, 0.29) is 33.6 Å². The molecule has 8 heteroatoms. The van der Waals surface area contributed by atoms with Crippen LogP contribution in [0.1, 0.15) is 65.2 Å². The first kappa shape index (κ1) is 23.9. The Bertz CT molecular complexity index is 888. The number of carbonyl (C=O) groups is 3. The van der Waals surface area contributed by atoms with Gasteiger partial charge in [0.2, 0.25) is 0 Å². The van der Waals surface area contributed by atoms with Crippen molar-refractivity contribution in [3.8, 4) is 0 Å². The van der Waals surface area contributed by atoms with Crippen molar-refractivity contribution in [3.05, 3.63) is 11.6 Å². The molecule has 4 aliphatic carbocycles. The van der Waals surface area contributed by atoms with Crippen LogP contribution in [0.2, 0.25) is 0 Å². The number of thiocarbonyl (C=S) groups is 1. The van der Waals surface area contributed by atoms with Gasteiger partial charge in [0.25, 0.3) is 0 Å². The highest BCUT2D eigenvalue weighted by molar-refractivity contribution is 8.23. The van der Waals surface area contributed by atoms with Crippen molar-refractivity contribution in [2.45, 2.75) is 70.8 Å². The molecule has 32 heavy (non-hydrogen) atoms. The van der Waals surface area contributed by atoms with Gasteiger partial charge in [-0.3, -0.25) is 14.4 Å². The molecule has 4 aliphatic rings. The molecule has 0 aromatic carbocycles. The quantitative estimate of drug-likeness (QED) is 0.515. The molecule has 0 aromatic rings. The predicted octanol–water partition coefficient (Wildman–Crippen LogP) is 3.51. The molecule has 3 N–H and O–H groups in total. The summed E-state index contributed by atoms with van der Waals surface area (Å²) >= 11 is 6.22. The van der Waals surface area contributed by atoms with Gasteiger partial charge < -0.3 is 15.5 Å². The molecule has 0 aliphatic heterocycles. The zero-order valence-corrected chi connectivity index (χ0v) is 20.4. The number of fused-ring (bicyclic) bond motifs is 5. The van der Waals surface area contributed by atoms with Crippen molar-refractivity contribution >= 4 is 45.8 Å². The van der Waals surface area contributed by atoms with Crippen LogP contribution in [-0.2, 0) is 14.4 Å². The number of carboxylic acids is 1. The fraction of sp³-hybridized carbons (Fsp3) is 0.750. The highest BCUT2D eigenvalue weighted by Crippen LogP contribution is 2.67. The molecule has 4 rings (SSSR count). The van der Waals surface area contributed by atoms with Crippen molar-refractivity contribution in [1.29, 1.82) is 0 Å². The summed E-state index contributed by atoms with van der Waals surface area (Å²) in [6, 6.07) is 0. The minimum absolute atomic E-state index is 0.0467. The Hall–Kier alpha value is -1.25. The first-order valence-electron chi connectivity index (χ1n) is 11.6. The third-order valence-electron chi connectivity index (χ3n) is 9.29. The standard InChI is InChI=1S/C24H33NO5S2/c1-22-8-5-15(26)11-14(22)3-4-16-17(22)6-9-23(2)18(16)7-10-24(23,30)19(27)13-32-21(31)25-12-20(28)29/h11,16-18,30H,3-10,12-13H2,1-2H3,(H,25,31)(H,28,29)/t16-,17+,18+,22-,23-,24-/m0/s1. The first-order valence-corrected chi connectivity index (χ1v) is 13.0. The van der Waals surface area contributed by atoms with Crippen LogP contribution in [0.25, 0.3) is 0 Å². The average molecular weight is 480 g/mol. The summed E-state index contributed by atoms with van der Waals surface area (Å²) in [6.07, 6.45) is 8.53. The topological polar surface area (TPSA) is 104 Å². The molecule has 0 bridgehead atoms. The lowest BCUT2D eigenvalue weighted by atomic mass is 9.46. The van der Waals surface area contributed by atoms with E-state index in [0.717, 1.165) is 50.3 Å². The van der Waals surface area contributed by atoms with Crippen molar-refractivity contribution < 1.29 is 24.6 Å². The van der Waals surface area contributed by atoms with E-state index in [1.807, 2.05) is 6.08 Å². The zero-order chi connectivity index (χ0) is 23.3. The highest BCUT2D eigenvalue weighted by Gasteiger charge is 2.66. The molecule has 3 saturated carbocycles. The molecule has 0 saturated heterocycles. The molecular weight excluding hydrogens is 446 g/mol. The fourth-order valence-corrected chi connectivity index (χ4v) is 8.41. The van der Waals surface area contributed by atoms with Gasteiger partial charge >= 0.3 is 5.97 Å². The van der Waals surface area contributed by atoms with E-state index in [1.165, 1.54) is 5.57 Å². The lowest BCUT2D eigenvalue weighted by Gasteiger charge is -2.58. The summed E-state index contributed by atoms with van der Waals surface area (Å²) in [5.41, 5.74) is -0.427. The van der Waals surface area contributed by atoms with E-state index >= 15 is 0 Å². The van der Waals surface area contributed by atoms with E-state index in [1.54, 1.807) is 0 Å². The maximum atomic E-state index is 13.2. The minimum atomic E-state index is -1.36. The van der Waals surface area contributed by atoms with Crippen molar-refractivity contribution in [3.63, 3.8) is 0 Å². The lowest BCUT2D eigenvalue weighted by molar-refractivity contribution is -0.159. The number of Topliss-reactive ketones (excluding diaryl/α,β-unsaturated/α-hetero) is 1. The number of aliphatic hydroxyl groups is 1. The largest absolute Gasteiger partial charge is 0.480 e. The van der Waals surface area contributed by atoms with E-state index in [4.69, 9.17) is 17.3 Å². The van der Waals surface area contributed by atoms with Crippen LogP contribution in [0.15, 0.2) is 11.6 Å². The molecule has 0 aromatic heterocycles. The van der Waals surface area contributed by atoms with Crippen molar-refractivity contribution in [1.82, 2.24) is 5.32 Å². The van der Waals surface area contributed by atoms with Crippen LogP contribution in [0.5, 0.6) is 0 Å². The number of aliphatic carboxylic acids is 1. The van der Waals surface area contributed by atoms with Crippen molar-refractivity contribution in [2.75, 3.05) is 12.3 Å². The van der Waals surface area contributed by atoms with Gasteiger partial charge in [-0.25, -0.2) is 0 Å². The Morgan fingerprint density at radius 3 is 2.59 bits per heavy atom. The monoisotopic (exact) mass is 479 g/mol. The Morgan fingerprint density at radius 2 is 1.88 bits per heavy atom. The van der Waals surface area contributed by atoms with E-state index < -0.39 is 17.0 Å². The second-order valence-corrected chi connectivity index (χ2v) is 12.2. The summed E-state index contributed by atoms with van der Waals surface area (Å²) in [5.74, 6) is 0.369. The predicted molar refractivity (Wildman–Crippen MR) is 127 cm³/mol. The SMILES string of the molecule is C[C@]12CCC(=O)C=C1CC[C@H]1[C@H]2CC[C@@]2(C)[C@@H]1CC[C@]2(O)C(=O)CSC(=S)NCC(=O)O. The second kappa shape index (κ2) is 8.51. The molecule has 0 radical (unpaired) electrons. The van der Waals surface area contributed by atoms with Crippen LogP contribution >= 0.6 is 24.0 Å². The molecular formula is C24H33NO5S2. The third-order valence-corrected chi connectivity index (χ3v) is 10.6. The van der Waals surface area contributed by atoms with Gasteiger partial charge in [0, 0.05) is 11.8 Å². The Labute approximate surface area is 199 Å². The van der Waals surface area contributed by atoms with Gasteiger partial charge in [0.1, 0.15) is 16.5 Å². The fourth-order valence-electron chi connectivity index (χ4n) is 7.48. The molecule has 0 amide bonds. The van der Waals surface area contributed by atoms with E-state index in [9.17, 15) is 19.5 Å². The lowest BCUT2D eigenvalue weighted by Crippen LogP contribution is -2.58. The number of carbonyl (C=O) groups excluding carboxylic acids is 2. The summed E-state index contributed by atoms with van der Waals surface area (Å²) in [4.78, 5) is 35.9. The molecule has 0 heterocycles. The molecule has 3 fully saturated rings. The van der Waals surface area contributed by atoms with Gasteiger partial charge in [-0.15, -0.1) is 0 Å². The smallest absolute Gasteiger partial charge is 0.322 e. The van der Waals surface area contributed by atoms with Gasteiger partial charge in [0.15, 0.2) is 11.6 Å².